The van der Waals surface area contributed by atoms with Crippen LogP contribution in [0, 0.1) is 6.92 Å². The summed E-state index contributed by atoms with van der Waals surface area (Å²) in [5.74, 6) is -0.160. The minimum absolute atomic E-state index is 0.160. The number of hydrogen-bond donors (Lipinski definition) is 0. The van der Waals surface area contributed by atoms with Crippen LogP contribution in [0.1, 0.15) is 34.7 Å². The van der Waals surface area contributed by atoms with Gasteiger partial charge < -0.3 is 4.74 Å². The van der Waals surface area contributed by atoms with Crippen molar-refractivity contribution in [2.75, 3.05) is 6.61 Å². The zero-order chi connectivity index (χ0) is 13.7. The zero-order valence-corrected chi connectivity index (χ0v) is 12.6. The van der Waals surface area contributed by atoms with Crippen LogP contribution in [0.3, 0.4) is 0 Å². The quantitative estimate of drug-likeness (QED) is 0.769. The minimum Gasteiger partial charge on any atom is -0.466 e. The van der Waals surface area contributed by atoms with Crippen molar-refractivity contribution in [2.45, 2.75) is 33.1 Å². The molecule has 0 bridgehead atoms. The van der Waals surface area contributed by atoms with Gasteiger partial charge in [0.05, 0.1) is 34.4 Å². The summed E-state index contributed by atoms with van der Waals surface area (Å²) in [6.07, 6.45) is 1.81. The zero-order valence-electron chi connectivity index (χ0n) is 11.0. The first kappa shape index (κ1) is 14.1. The maximum Gasteiger partial charge on any atom is 0.306 e. The van der Waals surface area contributed by atoms with E-state index in [2.05, 4.69) is 15.3 Å². The lowest BCUT2D eigenvalue weighted by atomic mass is 10.2. The van der Waals surface area contributed by atoms with Crippen molar-refractivity contribution in [1.29, 1.82) is 0 Å². The van der Waals surface area contributed by atoms with Gasteiger partial charge in [0.25, 0.3) is 0 Å². The van der Waals surface area contributed by atoms with Crippen LogP contribution >= 0.6 is 22.7 Å². The van der Waals surface area contributed by atoms with Gasteiger partial charge in [-0.15, -0.1) is 22.7 Å². The van der Waals surface area contributed by atoms with Crippen LogP contribution in [0.2, 0.25) is 0 Å². The average molecular weight is 296 g/mol. The molecule has 19 heavy (non-hydrogen) atoms. The van der Waals surface area contributed by atoms with Gasteiger partial charge in [-0.05, 0) is 13.8 Å². The van der Waals surface area contributed by atoms with E-state index in [0.29, 0.717) is 19.4 Å². The number of esters is 1. The predicted octanol–water partition coefficient (Wildman–Crippen LogP) is 2.99. The van der Waals surface area contributed by atoms with Crippen molar-refractivity contribution in [1.82, 2.24) is 9.97 Å². The van der Waals surface area contributed by atoms with Gasteiger partial charge in [-0.2, -0.15) is 0 Å². The van der Waals surface area contributed by atoms with Gasteiger partial charge in [0.15, 0.2) is 0 Å². The van der Waals surface area contributed by atoms with Gasteiger partial charge in [-0.3, -0.25) is 4.79 Å². The van der Waals surface area contributed by atoms with Gasteiger partial charge in [0, 0.05) is 23.6 Å². The van der Waals surface area contributed by atoms with Crippen molar-refractivity contribution >= 4 is 28.6 Å². The monoisotopic (exact) mass is 296 g/mol. The standard InChI is InChI=1S/C13H16N2O2S2/c1-3-17-13(16)5-4-10-7-19-12(15-10)6-11-8-18-9(2)14-11/h7-8H,3-6H2,1-2H3. The molecule has 0 radical (unpaired) electrons. The Kier molecular flexibility index (Phi) is 5.04. The Morgan fingerprint density at radius 2 is 2.05 bits per heavy atom. The lowest BCUT2D eigenvalue weighted by Gasteiger charge is -1.99. The normalized spacial score (nSPS) is 10.6. The lowest BCUT2D eigenvalue weighted by molar-refractivity contribution is -0.143. The molecule has 102 valence electrons. The van der Waals surface area contributed by atoms with E-state index < -0.39 is 0 Å². The molecule has 6 heteroatoms. The number of carbonyl (C=O) groups is 1. The molecule has 2 rings (SSSR count). The second-order valence-electron chi connectivity index (χ2n) is 4.07. The fraction of sp³-hybridized carbons (Fsp3) is 0.462. The Morgan fingerprint density at radius 3 is 2.74 bits per heavy atom. The molecule has 0 unspecified atom stereocenters. The van der Waals surface area contributed by atoms with Crippen LogP contribution in [-0.2, 0) is 22.4 Å². The average Bonchev–Trinajstić information content (AvgIpc) is 2.97. The van der Waals surface area contributed by atoms with Crippen molar-refractivity contribution in [3.63, 3.8) is 0 Å². The highest BCUT2D eigenvalue weighted by Crippen LogP contribution is 2.17. The van der Waals surface area contributed by atoms with Crippen molar-refractivity contribution < 1.29 is 9.53 Å². The van der Waals surface area contributed by atoms with Crippen LogP contribution in [-0.4, -0.2) is 22.5 Å². The molecule has 0 aromatic carbocycles. The number of aryl methyl sites for hydroxylation is 2. The molecule has 0 N–H and O–H groups in total. The number of ether oxygens (including phenoxy) is 1. The number of aromatic nitrogens is 2. The maximum atomic E-state index is 11.3. The first-order chi connectivity index (χ1) is 9.17. The molecule has 0 aliphatic carbocycles. The first-order valence-electron chi connectivity index (χ1n) is 6.17. The molecule has 2 aromatic rings. The van der Waals surface area contributed by atoms with Gasteiger partial charge in [0.1, 0.15) is 0 Å². The third-order valence-corrected chi connectivity index (χ3v) is 4.21. The molecule has 0 atom stereocenters. The molecule has 0 aliphatic heterocycles. The summed E-state index contributed by atoms with van der Waals surface area (Å²) in [7, 11) is 0. The maximum absolute atomic E-state index is 11.3. The molecule has 0 saturated heterocycles. The Hall–Kier alpha value is -1.27. The Morgan fingerprint density at radius 1 is 1.26 bits per heavy atom. The van der Waals surface area contributed by atoms with Crippen LogP contribution in [0.4, 0.5) is 0 Å². The van der Waals surface area contributed by atoms with Crippen LogP contribution in [0.5, 0.6) is 0 Å². The van der Waals surface area contributed by atoms with E-state index in [1.807, 2.05) is 19.2 Å². The third kappa shape index (κ3) is 4.40. The number of hydrogen-bond acceptors (Lipinski definition) is 6. The molecule has 0 amide bonds. The van der Waals surface area contributed by atoms with Gasteiger partial charge in [-0.25, -0.2) is 9.97 Å². The van der Waals surface area contributed by atoms with Gasteiger partial charge >= 0.3 is 5.97 Å². The second kappa shape index (κ2) is 6.77. The summed E-state index contributed by atoms with van der Waals surface area (Å²) in [5.41, 5.74) is 2.02. The van der Waals surface area contributed by atoms with E-state index in [1.165, 1.54) is 0 Å². The second-order valence-corrected chi connectivity index (χ2v) is 6.08. The van der Waals surface area contributed by atoms with E-state index >= 15 is 0 Å². The van der Waals surface area contributed by atoms with E-state index in [9.17, 15) is 4.79 Å². The third-order valence-electron chi connectivity index (χ3n) is 2.49. The largest absolute Gasteiger partial charge is 0.466 e. The summed E-state index contributed by atoms with van der Waals surface area (Å²) in [4.78, 5) is 20.2. The summed E-state index contributed by atoms with van der Waals surface area (Å²) in [6, 6.07) is 0. The number of thiazole rings is 2. The highest BCUT2D eigenvalue weighted by atomic mass is 32.1. The van der Waals surface area contributed by atoms with Crippen molar-refractivity contribution in [3.8, 4) is 0 Å². The molecule has 2 heterocycles. The van der Waals surface area contributed by atoms with E-state index in [0.717, 1.165) is 27.8 Å². The number of rotatable bonds is 6. The molecule has 0 spiro atoms. The van der Waals surface area contributed by atoms with Gasteiger partial charge in [0.2, 0.25) is 0 Å². The molecule has 0 fully saturated rings. The lowest BCUT2D eigenvalue weighted by Crippen LogP contribution is -2.05. The summed E-state index contributed by atoms with van der Waals surface area (Å²) < 4.78 is 4.90. The van der Waals surface area contributed by atoms with Crippen LogP contribution < -0.4 is 0 Å². The molecular formula is C13H16N2O2S2. The number of nitrogens with zero attached hydrogens (tertiary/aromatic N) is 2. The fourth-order valence-corrected chi connectivity index (χ4v) is 3.11. The minimum atomic E-state index is -0.160. The predicted molar refractivity (Wildman–Crippen MR) is 76.7 cm³/mol. The smallest absolute Gasteiger partial charge is 0.306 e. The van der Waals surface area contributed by atoms with E-state index in [1.54, 1.807) is 22.7 Å². The highest BCUT2D eigenvalue weighted by molar-refractivity contribution is 7.10. The molecule has 0 aliphatic rings. The summed E-state index contributed by atoms with van der Waals surface area (Å²) in [6.45, 7) is 4.25. The highest BCUT2D eigenvalue weighted by Gasteiger charge is 2.08. The molecular weight excluding hydrogens is 280 g/mol. The SMILES string of the molecule is CCOC(=O)CCc1csc(Cc2csc(C)n2)n1. The molecule has 0 saturated carbocycles. The van der Waals surface area contributed by atoms with Gasteiger partial charge in [-0.1, -0.05) is 0 Å². The first-order valence-corrected chi connectivity index (χ1v) is 7.93. The van der Waals surface area contributed by atoms with Crippen molar-refractivity contribution in [3.05, 3.63) is 32.2 Å². The summed E-state index contributed by atoms with van der Waals surface area (Å²) >= 11 is 3.27. The molecule has 4 nitrogen and oxygen atoms in total. The Bertz CT molecular complexity index is 548. The molecule has 2 aromatic heterocycles. The van der Waals surface area contributed by atoms with Crippen LogP contribution in [0.25, 0.3) is 0 Å². The topological polar surface area (TPSA) is 52.1 Å². The fourth-order valence-electron chi connectivity index (χ4n) is 1.65. The van der Waals surface area contributed by atoms with E-state index in [-0.39, 0.29) is 5.97 Å². The van der Waals surface area contributed by atoms with Crippen LogP contribution in [0.15, 0.2) is 10.8 Å². The van der Waals surface area contributed by atoms with E-state index in [4.69, 9.17) is 4.74 Å². The Balaban J connectivity index is 1.86. The summed E-state index contributed by atoms with van der Waals surface area (Å²) in [5, 5.41) is 6.20. The van der Waals surface area contributed by atoms with Crippen molar-refractivity contribution in [2.24, 2.45) is 0 Å². The number of carbonyl (C=O) groups excluding carboxylic acids is 1. The Labute approximate surface area is 120 Å².